The number of nitrogens with zero attached hydrogens (tertiary/aromatic N) is 1. The van der Waals surface area contributed by atoms with Crippen molar-refractivity contribution < 1.29 is 0 Å². The molecule has 1 heteroatoms. The van der Waals surface area contributed by atoms with Gasteiger partial charge in [0, 0.05) is 11.1 Å². The van der Waals surface area contributed by atoms with Crippen LogP contribution in [0.4, 0.5) is 0 Å². The van der Waals surface area contributed by atoms with E-state index in [0.29, 0.717) is 0 Å². The maximum atomic E-state index is 4.10. The van der Waals surface area contributed by atoms with Crippen molar-refractivity contribution >= 4 is 5.71 Å². The topological polar surface area (TPSA) is 12.4 Å². The van der Waals surface area contributed by atoms with Crippen LogP contribution in [-0.2, 0) is 0 Å². The van der Waals surface area contributed by atoms with Crippen LogP contribution in [0.1, 0.15) is 11.1 Å². The Morgan fingerprint density at radius 3 is 1.47 bits per heavy atom. The van der Waals surface area contributed by atoms with Gasteiger partial charge in [0.2, 0.25) is 0 Å². The highest BCUT2D eigenvalue weighted by molar-refractivity contribution is 6.12. The molecule has 2 aromatic carbocycles. The molecule has 0 fully saturated rings. The van der Waals surface area contributed by atoms with Crippen LogP contribution >= 0.6 is 0 Å². The van der Waals surface area contributed by atoms with Gasteiger partial charge in [-0.15, -0.1) is 0 Å². The van der Waals surface area contributed by atoms with E-state index in [1.54, 1.807) is 0 Å². The number of aliphatic imine (C=N–C) groups is 1. The first kappa shape index (κ1) is 9.66. The normalized spacial score (nSPS) is 9.67. The molecule has 0 amide bonds. The van der Waals surface area contributed by atoms with Crippen molar-refractivity contribution in [3.05, 3.63) is 78.8 Å². The van der Waals surface area contributed by atoms with Crippen molar-refractivity contribution in [3.8, 4) is 0 Å². The van der Waals surface area contributed by atoms with E-state index in [4.69, 9.17) is 0 Å². The molecule has 1 radical (unpaired) electrons. The molecule has 2 aromatic rings. The second kappa shape index (κ2) is 4.56. The van der Waals surface area contributed by atoms with E-state index in [9.17, 15) is 0 Å². The largest absolute Gasteiger partial charge is 0.282 e. The van der Waals surface area contributed by atoms with Crippen LogP contribution in [0.2, 0.25) is 0 Å². The zero-order chi connectivity index (χ0) is 10.5. The average Bonchev–Trinajstić information content (AvgIpc) is 2.33. The molecule has 15 heavy (non-hydrogen) atoms. The minimum absolute atomic E-state index is 0.927. The second-order valence-corrected chi connectivity index (χ2v) is 3.24. The fourth-order valence-corrected chi connectivity index (χ4v) is 1.54. The second-order valence-electron chi connectivity index (χ2n) is 3.24. The molecule has 0 unspecified atom stereocenters. The minimum atomic E-state index is 0.927. The van der Waals surface area contributed by atoms with Crippen LogP contribution in [0.5, 0.6) is 0 Å². The van der Waals surface area contributed by atoms with Crippen LogP contribution in [-0.4, -0.2) is 5.71 Å². The van der Waals surface area contributed by atoms with E-state index >= 15 is 0 Å². The van der Waals surface area contributed by atoms with Gasteiger partial charge < -0.3 is 0 Å². The summed E-state index contributed by atoms with van der Waals surface area (Å²) in [7, 11) is 3.63. The van der Waals surface area contributed by atoms with Gasteiger partial charge >= 0.3 is 0 Å². The zero-order valence-electron chi connectivity index (χ0n) is 8.43. The lowest BCUT2D eigenvalue weighted by atomic mass is 10.0. The summed E-state index contributed by atoms with van der Waals surface area (Å²) in [5.41, 5.74) is 3.12. The molecule has 0 N–H and O–H groups in total. The fraction of sp³-hybridized carbons (Fsp3) is 0. The summed E-state index contributed by atoms with van der Waals surface area (Å²) in [6, 6.07) is 20.2. The van der Waals surface area contributed by atoms with Gasteiger partial charge in [0.1, 0.15) is 0 Å². The van der Waals surface area contributed by atoms with E-state index in [2.05, 4.69) is 12.0 Å². The molecule has 0 saturated heterocycles. The average molecular weight is 194 g/mol. The van der Waals surface area contributed by atoms with E-state index in [0.717, 1.165) is 16.8 Å². The summed E-state index contributed by atoms with van der Waals surface area (Å²) in [5.74, 6) is 0. The van der Waals surface area contributed by atoms with E-state index in [1.165, 1.54) is 0 Å². The summed E-state index contributed by atoms with van der Waals surface area (Å²) in [6.45, 7) is 0. The molecular weight excluding hydrogens is 182 g/mol. The van der Waals surface area contributed by atoms with Crippen molar-refractivity contribution in [3.63, 3.8) is 0 Å². The van der Waals surface area contributed by atoms with E-state index in [1.807, 2.05) is 60.7 Å². The monoisotopic (exact) mass is 194 g/mol. The number of hydrogen-bond acceptors (Lipinski definition) is 1. The molecule has 1 nitrogen and oxygen atoms in total. The van der Waals surface area contributed by atoms with Crippen molar-refractivity contribution in [2.45, 2.75) is 0 Å². The zero-order valence-corrected chi connectivity index (χ0v) is 8.43. The molecule has 0 saturated carbocycles. The van der Waals surface area contributed by atoms with Crippen LogP contribution in [0, 0.1) is 7.05 Å². The third kappa shape index (κ3) is 2.13. The predicted octanol–water partition coefficient (Wildman–Crippen LogP) is 3.32. The molecule has 0 heterocycles. The molecule has 0 atom stereocenters. The maximum Gasteiger partial charge on any atom is 0.0719 e. The standard InChI is InChI=1S/C14H12N/c1-15-14(12-8-4-2-5-9-12)13-10-6-3-7-11-13/h2-11H,1H2. The molecule has 0 aliphatic carbocycles. The maximum absolute atomic E-state index is 4.10. The summed E-state index contributed by atoms with van der Waals surface area (Å²) in [6.07, 6.45) is 0. The lowest BCUT2D eigenvalue weighted by Gasteiger charge is -2.05. The van der Waals surface area contributed by atoms with Crippen LogP contribution in [0.15, 0.2) is 65.7 Å². The quantitative estimate of drug-likeness (QED) is 0.650. The SMILES string of the molecule is [CH2]N=C(c1ccccc1)c1ccccc1. The molecule has 0 spiro atoms. The highest BCUT2D eigenvalue weighted by Crippen LogP contribution is 2.10. The molecule has 0 bridgehead atoms. The molecule has 0 aliphatic heterocycles. The number of hydrogen-bond donors (Lipinski definition) is 0. The molecule has 2 rings (SSSR count). The molecule has 73 valence electrons. The van der Waals surface area contributed by atoms with Crippen molar-refractivity contribution in [1.29, 1.82) is 0 Å². The molecule has 0 aliphatic rings. The van der Waals surface area contributed by atoms with Crippen LogP contribution in [0.25, 0.3) is 0 Å². The Morgan fingerprint density at radius 1 is 0.733 bits per heavy atom. The van der Waals surface area contributed by atoms with Gasteiger partial charge in [-0.3, -0.25) is 4.99 Å². The van der Waals surface area contributed by atoms with E-state index < -0.39 is 0 Å². The van der Waals surface area contributed by atoms with Gasteiger partial charge in [-0.05, 0) is 0 Å². The first-order chi connectivity index (χ1) is 7.42. The Balaban J connectivity index is 2.44. The summed E-state index contributed by atoms with van der Waals surface area (Å²) < 4.78 is 0. The van der Waals surface area contributed by atoms with Gasteiger partial charge in [0.25, 0.3) is 0 Å². The molecule has 0 aromatic heterocycles. The fourth-order valence-electron chi connectivity index (χ4n) is 1.54. The van der Waals surface area contributed by atoms with Gasteiger partial charge in [-0.1, -0.05) is 60.7 Å². The van der Waals surface area contributed by atoms with Crippen molar-refractivity contribution in [2.75, 3.05) is 0 Å². The van der Waals surface area contributed by atoms with Gasteiger partial charge in [0.15, 0.2) is 0 Å². The molecular formula is C14H12N. The van der Waals surface area contributed by atoms with E-state index in [-0.39, 0.29) is 0 Å². The predicted molar refractivity (Wildman–Crippen MR) is 63.9 cm³/mol. The number of benzene rings is 2. The Labute approximate surface area is 90.1 Å². The first-order valence-electron chi connectivity index (χ1n) is 4.86. The Kier molecular flexibility index (Phi) is 2.93. The first-order valence-corrected chi connectivity index (χ1v) is 4.86. The third-order valence-corrected chi connectivity index (χ3v) is 2.25. The Bertz CT molecular complexity index is 402. The Hall–Kier alpha value is -1.89. The summed E-state index contributed by atoms with van der Waals surface area (Å²) >= 11 is 0. The van der Waals surface area contributed by atoms with Gasteiger partial charge in [0.05, 0.1) is 12.8 Å². The lowest BCUT2D eigenvalue weighted by Crippen LogP contribution is -2.01. The van der Waals surface area contributed by atoms with Crippen LogP contribution in [0.3, 0.4) is 0 Å². The summed E-state index contributed by atoms with van der Waals surface area (Å²) in [4.78, 5) is 4.10. The number of rotatable bonds is 2. The summed E-state index contributed by atoms with van der Waals surface area (Å²) in [5, 5.41) is 0. The van der Waals surface area contributed by atoms with Gasteiger partial charge in [-0.2, -0.15) is 0 Å². The van der Waals surface area contributed by atoms with Crippen molar-refractivity contribution in [2.24, 2.45) is 4.99 Å². The van der Waals surface area contributed by atoms with Crippen LogP contribution < -0.4 is 0 Å². The highest BCUT2D eigenvalue weighted by atomic mass is 14.7. The lowest BCUT2D eigenvalue weighted by molar-refractivity contribution is 1.50. The smallest absolute Gasteiger partial charge is 0.0719 e. The van der Waals surface area contributed by atoms with Crippen molar-refractivity contribution in [1.82, 2.24) is 0 Å². The third-order valence-electron chi connectivity index (χ3n) is 2.25. The minimum Gasteiger partial charge on any atom is -0.282 e. The van der Waals surface area contributed by atoms with Gasteiger partial charge in [-0.25, -0.2) is 0 Å². The Morgan fingerprint density at radius 2 is 1.13 bits per heavy atom. The highest BCUT2D eigenvalue weighted by Gasteiger charge is 2.03.